The second kappa shape index (κ2) is 5.78. The normalized spacial score (nSPS) is 14.0. The summed E-state index contributed by atoms with van der Waals surface area (Å²) in [6, 6.07) is 12.9. The first-order valence-electron chi connectivity index (χ1n) is 8.23. The van der Waals surface area contributed by atoms with Gasteiger partial charge in [-0.25, -0.2) is 4.39 Å². The summed E-state index contributed by atoms with van der Waals surface area (Å²) in [5.74, 6) is -0.181. The maximum atomic E-state index is 13.6. The number of fused-ring (bicyclic) bond motifs is 2. The molecule has 3 nitrogen and oxygen atoms in total. The van der Waals surface area contributed by atoms with E-state index in [1.54, 1.807) is 6.07 Å². The predicted molar refractivity (Wildman–Crippen MR) is 92.3 cm³/mol. The molecule has 0 spiro atoms. The minimum atomic E-state index is -0.276. The van der Waals surface area contributed by atoms with E-state index in [1.165, 1.54) is 23.3 Å². The third kappa shape index (κ3) is 2.58. The fourth-order valence-corrected chi connectivity index (χ4v) is 3.55. The van der Waals surface area contributed by atoms with Crippen molar-refractivity contribution in [1.29, 1.82) is 0 Å². The molecule has 1 aliphatic rings. The Morgan fingerprint density at radius 2 is 2.00 bits per heavy atom. The molecule has 1 aliphatic heterocycles. The smallest absolute Gasteiger partial charge is 0.227 e. The van der Waals surface area contributed by atoms with Gasteiger partial charge < -0.3 is 9.88 Å². The van der Waals surface area contributed by atoms with E-state index in [-0.39, 0.29) is 11.7 Å². The van der Waals surface area contributed by atoms with E-state index in [1.807, 2.05) is 24.0 Å². The van der Waals surface area contributed by atoms with Crippen LogP contribution in [0.2, 0.25) is 0 Å². The number of benzene rings is 2. The van der Waals surface area contributed by atoms with Gasteiger partial charge in [0.15, 0.2) is 0 Å². The van der Waals surface area contributed by atoms with Gasteiger partial charge in [0.2, 0.25) is 5.91 Å². The van der Waals surface area contributed by atoms with Crippen molar-refractivity contribution in [3.05, 3.63) is 70.7 Å². The molecule has 0 radical (unpaired) electrons. The SMILES string of the molecule is Cc1[nH]c2ccc(F)cc2c1CC(=O)N1CCc2ccccc2C1. The number of aromatic nitrogens is 1. The Hall–Kier alpha value is -2.62. The standard InChI is InChI=1S/C20H19FN2O/c1-13-17(18-10-16(21)6-7-19(18)22-13)11-20(24)23-9-8-14-4-2-3-5-15(14)12-23/h2-7,10,22H,8-9,11-12H2,1H3. The molecule has 1 amide bonds. The van der Waals surface area contributed by atoms with Crippen LogP contribution in [-0.2, 0) is 24.2 Å². The highest BCUT2D eigenvalue weighted by Gasteiger charge is 2.22. The molecule has 24 heavy (non-hydrogen) atoms. The van der Waals surface area contributed by atoms with Gasteiger partial charge in [0.05, 0.1) is 6.42 Å². The lowest BCUT2D eigenvalue weighted by Crippen LogP contribution is -2.36. The molecule has 0 fully saturated rings. The van der Waals surface area contributed by atoms with Crippen molar-refractivity contribution in [2.45, 2.75) is 26.3 Å². The largest absolute Gasteiger partial charge is 0.358 e. The van der Waals surface area contributed by atoms with Crippen LogP contribution in [0.25, 0.3) is 10.9 Å². The Labute approximate surface area is 140 Å². The van der Waals surface area contributed by atoms with Crippen LogP contribution in [0, 0.1) is 12.7 Å². The topological polar surface area (TPSA) is 36.1 Å². The second-order valence-electron chi connectivity index (χ2n) is 6.43. The van der Waals surface area contributed by atoms with Crippen LogP contribution in [-0.4, -0.2) is 22.3 Å². The molecule has 122 valence electrons. The molecule has 0 saturated carbocycles. The van der Waals surface area contributed by atoms with Crippen LogP contribution in [0.5, 0.6) is 0 Å². The molecule has 0 saturated heterocycles. The monoisotopic (exact) mass is 322 g/mol. The van der Waals surface area contributed by atoms with Crippen molar-refractivity contribution in [3.63, 3.8) is 0 Å². The number of hydrogen-bond donors (Lipinski definition) is 1. The summed E-state index contributed by atoms with van der Waals surface area (Å²) < 4.78 is 13.6. The Bertz CT molecular complexity index is 929. The molecular formula is C20H19FN2O. The van der Waals surface area contributed by atoms with Crippen molar-refractivity contribution in [2.75, 3.05) is 6.54 Å². The van der Waals surface area contributed by atoms with E-state index in [0.29, 0.717) is 13.0 Å². The van der Waals surface area contributed by atoms with Crippen molar-refractivity contribution in [2.24, 2.45) is 0 Å². The average Bonchev–Trinajstić information content (AvgIpc) is 2.89. The Morgan fingerprint density at radius 1 is 1.21 bits per heavy atom. The van der Waals surface area contributed by atoms with Gasteiger partial charge in [-0.3, -0.25) is 4.79 Å². The molecule has 0 bridgehead atoms. The van der Waals surface area contributed by atoms with Gasteiger partial charge in [0.25, 0.3) is 0 Å². The van der Waals surface area contributed by atoms with E-state index in [0.717, 1.165) is 35.1 Å². The fraction of sp³-hybridized carbons (Fsp3) is 0.250. The molecule has 2 aromatic carbocycles. The van der Waals surface area contributed by atoms with Gasteiger partial charge in [-0.05, 0) is 48.2 Å². The quantitative estimate of drug-likeness (QED) is 0.766. The number of H-pyrrole nitrogens is 1. The van der Waals surface area contributed by atoms with Crippen LogP contribution >= 0.6 is 0 Å². The lowest BCUT2D eigenvalue weighted by atomic mass is 9.99. The number of nitrogens with zero attached hydrogens (tertiary/aromatic N) is 1. The number of aromatic amines is 1. The number of aryl methyl sites for hydroxylation is 1. The minimum Gasteiger partial charge on any atom is -0.358 e. The highest BCUT2D eigenvalue weighted by molar-refractivity contribution is 5.90. The van der Waals surface area contributed by atoms with Gasteiger partial charge in [-0.2, -0.15) is 0 Å². The van der Waals surface area contributed by atoms with E-state index >= 15 is 0 Å². The molecule has 2 heterocycles. The molecule has 4 heteroatoms. The zero-order valence-electron chi connectivity index (χ0n) is 13.6. The Morgan fingerprint density at radius 3 is 2.83 bits per heavy atom. The van der Waals surface area contributed by atoms with Gasteiger partial charge in [-0.1, -0.05) is 24.3 Å². The van der Waals surface area contributed by atoms with Crippen molar-refractivity contribution in [1.82, 2.24) is 9.88 Å². The fourth-order valence-electron chi connectivity index (χ4n) is 3.55. The van der Waals surface area contributed by atoms with Crippen LogP contribution in [0.15, 0.2) is 42.5 Å². The highest BCUT2D eigenvalue weighted by Crippen LogP contribution is 2.25. The van der Waals surface area contributed by atoms with Gasteiger partial charge in [0.1, 0.15) is 5.82 Å². The van der Waals surface area contributed by atoms with Crippen LogP contribution < -0.4 is 0 Å². The highest BCUT2D eigenvalue weighted by atomic mass is 19.1. The first-order valence-corrected chi connectivity index (χ1v) is 8.23. The third-order valence-electron chi connectivity index (χ3n) is 4.89. The average molecular weight is 322 g/mol. The summed E-state index contributed by atoms with van der Waals surface area (Å²) in [5, 5.41) is 0.804. The van der Waals surface area contributed by atoms with Crippen LogP contribution in [0.3, 0.4) is 0 Å². The minimum absolute atomic E-state index is 0.0952. The zero-order valence-corrected chi connectivity index (χ0v) is 13.6. The Balaban J connectivity index is 1.59. The lowest BCUT2D eigenvalue weighted by molar-refractivity contribution is -0.131. The molecular weight excluding hydrogens is 303 g/mol. The summed E-state index contributed by atoms with van der Waals surface area (Å²) in [6.45, 7) is 3.34. The first-order chi connectivity index (χ1) is 11.6. The number of halogens is 1. The molecule has 3 aromatic rings. The molecule has 0 unspecified atom stereocenters. The molecule has 1 N–H and O–H groups in total. The number of rotatable bonds is 2. The second-order valence-corrected chi connectivity index (χ2v) is 6.43. The maximum absolute atomic E-state index is 13.6. The van der Waals surface area contributed by atoms with E-state index in [2.05, 4.69) is 17.1 Å². The van der Waals surface area contributed by atoms with Crippen molar-refractivity contribution >= 4 is 16.8 Å². The van der Waals surface area contributed by atoms with Gasteiger partial charge >= 0.3 is 0 Å². The summed E-state index contributed by atoms with van der Waals surface area (Å²) in [5.41, 5.74) is 5.25. The van der Waals surface area contributed by atoms with Crippen molar-refractivity contribution in [3.8, 4) is 0 Å². The van der Waals surface area contributed by atoms with Gasteiger partial charge in [0, 0.05) is 29.7 Å². The summed E-state index contributed by atoms with van der Waals surface area (Å²) in [7, 11) is 0. The number of hydrogen-bond acceptors (Lipinski definition) is 1. The molecule has 0 aliphatic carbocycles. The van der Waals surface area contributed by atoms with Crippen LogP contribution in [0.4, 0.5) is 4.39 Å². The van der Waals surface area contributed by atoms with Crippen LogP contribution in [0.1, 0.15) is 22.4 Å². The summed E-state index contributed by atoms with van der Waals surface area (Å²) >= 11 is 0. The van der Waals surface area contributed by atoms with E-state index in [9.17, 15) is 9.18 Å². The molecule has 4 rings (SSSR count). The number of carbonyl (C=O) groups excluding carboxylic acids is 1. The molecule has 0 atom stereocenters. The number of nitrogens with one attached hydrogen (secondary N) is 1. The summed E-state index contributed by atoms with van der Waals surface area (Å²) in [6.07, 6.45) is 1.20. The van der Waals surface area contributed by atoms with E-state index < -0.39 is 0 Å². The predicted octanol–water partition coefficient (Wildman–Crippen LogP) is 3.74. The Kier molecular flexibility index (Phi) is 3.60. The van der Waals surface area contributed by atoms with E-state index in [4.69, 9.17) is 0 Å². The van der Waals surface area contributed by atoms with Gasteiger partial charge in [-0.15, -0.1) is 0 Å². The molecule has 1 aromatic heterocycles. The van der Waals surface area contributed by atoms with Crippen molar-refractivity contribution < 1.29 is 9.18 Å². The third-order valence-corrected chi connectivity index (χ3v) is 4.89. The number of amides is 1. The lowest BCUT2D eigenvalue weighted by Gasteiger charge is -2.29. The zero-order chi connectivity index (χ0) is 16.7. The summed E-state index contributed by atoms with van der Waals surface area (Å²) in [4.78, 5) is 17.9. The maximum Gasteiger partial charge on any atom is 0.227 e. The number of carbonyl (C=O) groups is 1. The first kappa shape index (κ1) is 14.9.